The summed E-state index contributed by atoms with van der Waals surface area (Å²) in [5.41, 5.74) is -0.910. The first-order valence-corrected chi connectivity index (χ1v) is 6.80. The van der Waals surface area contributed by atoms with Crippen LogP contribution in [0.5, 0.6) is 0 Å². The van der Waals surface area contributed by atoms with E-state index in [-0.39, 0.29) is 16.9 Å². The Morgan fingerprint density at radius 2 is 2.08 bits per heavy atom. The van der Waals surface area contributed by atoms with Gasteiger partial charge < -0.3 is 4.74 Å². The largest absolute Gasteiger partial charge is 0.467 e. The Bertz CT molecular complexity index is 998. The van der Waals surface area contributed by atoms with Crippen molar-refractivity contribution in [2.75, 3.05) is 7.11 Å². The van der Waals surface area contributed by atoms with Crippen LogP contribution in [0.4, 0.5) is 8.78 Å². The quantitative estimate of drug-likeness (QED) is 0.663. The molecule has 0 fully saturated rings. The molecule has 3 aromatic rings. The third-order valence-electron chi connectivity index (χ3n) is 3.49. The van der Waals surface area contributed by atoms with Gasteiger partial charge in [-0.05, 0) is 19.1 Å². The third kappa shape index (κ3) is 2.41. The molecule has 2 aromatic heterocycles. The smallest absolute Gasteiger partial charge is 0.328 e. The zero-order chi connectivity index (χ0) is 17.4. The third-order valence-corrected chi connectivity index (χ3v) is 3.49. The first-order chi connectivity index (χ1) is 11.4. The number of benzene rings is 1. The molecule has 0 spiro atoms. The lowest BCUT2D eigenvalue weighted by atomic mass is 10.3. The van der Waals surface area contributed by atoms with E-state index < -0.39 is 29.2 Å². The van der Waals surface area contributed by atoms with Crippen LogP contribution in [0.3, 0.4) is 0 Å². The van der Waals surface area contributed by atoms with Gasteiger partial charge in [-0.15, -0.1) is 5.10 Å². The predicted molar refractivity (Wildman–Crippen MR) is 77.6 cm³/mol. The number of halogens is 2. The van der Waals surface area contributed by atoms with Crippen molar-refractivity contribution < 1.29 is 18.3 Å². The lowest BCUT2D eigenvalue weighted by molar-refractivity contribution is -0.144. The molecule has 1 aromatic carbocycles. The molecule has 0 aliphatic rings. The molecule has 24 heavy (non-hydrogen) atoms. The summed E-state index contributed by atoms with van der Waals surface area (Å²) in [6, 6.07) is 1.98. The molecule has 124 valence electrons. The molecule has 0 bridgehead atoms. The van der Waals surface area contributed by atoms with E-state index in [1.807, 2.05) is 0 Å². The first-order valence-electron chi connectivity index (χ1n) is 6.80. The van der Waals surface area contributed by atoms with Crippen molar-refractivity contribution in [3.8, 4) is 5.69 Å². The second-order valence-electron chi connectivity index (χ2n) is 4.93. The van der Waals surface area contributed by atoms with Crippen molar-refractivity contribution in [2.45, 2.75) is 13.0 Å². The fraction of sp³-hybridized carbons (Fsp3) is 0.214. The maximum atomic E-state index is 13.9. The standard InChI is InChI=1S/C14H11F2N5O3/c1-7(14(23)24-2)20-6-17-12-11(13(20)22)18-19-21(12)10-4-3-8(15)5-9(10)16/h3-7H,1-2H3/t7-/m1/s1. The molecule has 3 rings (SSSR count). The van der Waals surface area contributed by atoms with Crippen LogP contribution in [-0.4, -0.2) is 37.6 Å². The van der Waals surface area contributed by atoms with Crippen molar-refractivity contribution in [3.63, 3.8) is 0 Å². The topological polar surface area (TPSA) is 91.9 Å². The van der Waals surface area contributed by atoms with E-state index in [1.54, 1.807) is 0 Å². The molecular weight excluding hydrogens is 324 g/mol. The van der Waals surface area contributed by atoms with Crippen molar-refractivity contribution in [1.82, 2.24) is 24.5 Å². The fourth-order valence-electron chi connectivity index (χ4n) is 2.20. The van der Waals surface area contributed by atoms with E-state index in [1.165, 1.54) is 14.0 Å². The second kappa shape index (κ2) is 5.80. The Morgan fingerprint density at radius 1 is 1.33 bits per heavy atom. The highest BCUT2D eigenvalue weighted by atomic mass is 19.1. The molecule has 0 saturated heterocycles. The number of hydrogen-bond donors (Lipinski definition) is 0. The molecule has 0 aliphatic heterocycles. The SMILES string of the molecule is COC(=O)[C@@H](C)n1cnc2c(nnn2-c2ccc(F)cc2F)c1=O. The van der Waals surface area contributed by atoms with Crippen molar-refractivity contribution >= 4 is 17.1 Å². The monoisotopic (exact) mass is 335 g/mol. The van der Waals surface area contributed by atoms with Crippen LogP contribution in [0.2, 0.25) is 0 Å². The number of ether oxygens (including phenoxy) is 1. The highest BCUT2D eigenvalue weighted by Crippen LogP contribution is 2.17. The molecule has 0 amide bonds. The molecule has 8 nitrogen and oxygen atoms in total. The number of fused-ring (bicyclic) bond motifs is 1. The van der Waals surface area contributed by atoms with E-state index in [0.29, 0.717) is 6.07 Å². The van der Waals surface area contributed by atoms with Crippen molar-refractivity contribution in [1.29, 1.82) is 0 Å². The molecule has 2 heterocycles. The Hall–Kier alpha value is -3.17. The first kappa shape index (κ1) is 15.7. The normalized spacial score (nSPS) is 12.3. The summed E-state index contributed by atoms with van der Waals surface area (Å²) in [5.74, 6) is -2.26. The Morgan fingerprint density at radius 3 is 2.75 bits per heavy atom. The van der Waals surface area contributed by atoms with Gasteiger partial charge in [0, 0.05) is 6.07 Å². The molecule has 10 heteroatoms. The number of carbonyl (C=O) groups excluding carboxylic acids is 1. The Balaban J connectivity index is 2.17. The Labute approximate surface area is 133 Å². The van der Waals surface area contributed by atoms with Crippen LogP contribution in [-0.2, 0) is 9.53 Å². The summed E-state index contributed by atoms with van der Waals surface area (Å²) in [7, 11) is 1.20. The predicted octanol–water partition coefficient (Wildman–Crippen LogP) is 0.989. The van der Waals surface area contributed by atoms with Gasteiger partial charge >= 0.3 is 5.97 Å². The van der Waals surface area contributed by atoms with Crippen LogP contribution in [0.1, 0.15) is 13.0 Å². The average molecular weight is 335 g/mol. The highest BCUT2D eigenvalue weighted by molar-refractivity contribution is 5.75. The number of nitrogens with zero attached hydrogens (tertiary/aromatic N) is 5. The van der Waals surface area contributed by atoms with Crippen molar-refractivity contribution in [3.05, 3.63) is 46.5 Å². The van der Waals surface area contributed by atoms with Crippen LogP contribution >= 0.6 is 0 Å². The minimum Gasteiger partial charge on any atom is -0.467 e. The Kier molecular flexibility index (Phi) is 3.80. The van der Waals surface area contributed by atoms with E-state index >= 15 is 0 Å². The molecule has 0 radical (unpaired) electrons. The van der Waals surface area contributed by atoms with Gasteiger partial charge in [0.1, 0.15) is 23.9 Å². The molecule has 0 N–H and O–H groups in total. The van der Waals surface area contributed by atoms with Crippen molar-refractivity contribution in [2.24, 2.45) is 0 Å². The summed E-state index contributed by atoms with van der Waals surface area (Å²) in [5, 5.41) is 7.39. The number of methoxy groups -OCH3 is 1. The van der Waals surface area contributed by atoms with E-state index in [9.17, 15) is 18.4 Å². The van der Waals surface area contributed by atoms with Crippen LogP contribution in [0.15, 0.2) is 29.3 Å². The van der Waals surface area contributed by atoms with Gasteiger partial charge in [0.2, 0.25) is 0 Å². The summed E-state index contributed by atoms with van der Waals surface area (Å²) in [6.07, 6.45) is 1.12. The minimum absolute atomic E-state index is 0.0150. The van der Waals surface area contributed by atoms with Gasteiger partial charge in [-0.25, -0.2) is 18.6 Å². The number of esters is 1. The zero-order valence-corrected chi connectivity index (χ0v) is 12.6. The molecule has 0 aliphatic carbocycles. The number of aromatic nitrogens is 5. The number of hydrogen-bond acceptors (Lipinski definition) is 6. The average Bonchev–Trinajstić information content (AvgIpc) is 2.98. The maximum Gasteiger partial charge on any atom is 0.328 e. The van der Waals surface area contributed by atoms with E-state index in [2.05, 4.69) is 20.0 Å². The molecular formula is C14H11F2N5O3. The van der Waals surface area contributed by atoms with Crippen LogP contribution < -0.4 is 5.56 Å². The summed E-state index contributed by atoms with van der Waals surface area (Å²) >= 11 is 0. The number of rotatable bonds is 3. The molecule has 0 unspecified atom stereocenters. The van der Waals surface area contributed by atoms with Gasteiger partial charge in [0.15, 0.2) is 17.0 Å². The maximum absolute atomic E-state index is 13.9. The zero-order valence-electron chi connectivity index (χ0n) is 12.6. The second-order valence-corrected chi connectivity index (χ2v) is 4.93. The highest BCUT2D eigenvalue weighted by Gasteiger charge is 2.21. The lowest BCUT2D eigenvalue weighted by Gasteiger charge is -2.11. The van der Waals surface area contributed by atoms with E-state index in [0.717, 1.165) is 27.7 Å². The lowest BCUT2D eigenvalue weighted by Crippen LogP contribution is -2.29. The van der Waals surface area contributed by atoms with Gasteiger partial charge in [-0.1, -0.05) is 5.21 Å². The van der Waals surface area contributed by atoms with Crippen LogP contribution in [0.25, 0.3) is 16.9 Å². The molecule has 1 atom stereocenters. The van der Waals surface area contributed by atoms with Gasteiger partial charge in [-0.3, -0.25) is 9.36 Å². The summed E-state index contributed by atoms with van der Waals surface area (Å²) in [4.78, 5) is 28.0. The fourth-order valence-corrected chi connectivity index (χ4v) is 2.20. The van der Waals surface area contributed by atoms with Gasteiger partial charge in [0.05, 0.1) is 7.11 Å². The molecule has 0 saturated carbocycles. The van der Waals surface area contributed by atoms with Gasteiger partial charge in [-0.2, -0.15) is 4.68 Å². The summed E-state index contributed by atoms with van der Waals surface area (Å²) < 4.78 is 33.5. The minimum atomic E-state index is -0.910. The van der Waals surface area contributed by atoms with Crippen LogP contribution in [0, 0.1) is 11.6 Å². The van der Waals surface area contributed by atoms with Gasteiger partial charge in [0.25, 0.3) is 5.56 Å². The number of carbonyl (C=O) groups is 1. The van der Waals surface area contributed by atoms with E-state index in [4.69, 9.17) is 0 Å². The summed E-state index contributed by atoms with van der Waals surface area (Å²) in [6.45, 7) is 1.46.